The van der Waals surface area contributed by atoms with Crippen LogP contribution in [0.15, 0.2) is 21.5 Å². The molecule has 1 aromatic carbocycles. The van der Waals surface area contributed by atoms with Gasteiger partial charge in [0.15, 0.2) is 17.5 Å². The van der Waals surface area contributed by atoms with Gasteiger partial charge in [-0.2, -0.15) is 0 Å². The summed E-state index contributed by atoms with van der Waals surface area (Å²) >= 11 is 0. The maximum absolute atomic E-state index is 14.5. The molecule has 1 atom stereocenters. The molecule has 0 spiro atoms. The zero-order valence-electron chi connectivity index (χ0n) is 12.6. The number of carbonyl (C=O) groups excluding carboxylic acids is 2. The Morgan fingerprint density at radius 1 is 1.52 bits per heavy atom. The number of aromatic nitrogens is 1. The van der Waals surface area contributed by atoms with Crippen molar-refractivity contribution < 1.29 is 23.1 Å². The molecule has 8 nitrogen and oxygen atoms in total. The largest absolute Gasteiger partial charge is 0.434 e. The Kier molecular flexibility index (Phi) is 3.55. The summed E-state index contributed by atoms with van der Waals surface area (Å²) < 4.78 is 26.4. The fourth-order valence-corrected chi connectivity index (χ4v) is 2.59. The predicted octanol–water partition coefficient (Wildman–Crippen LogP) is 0.734. The highest BCUT2D eigenvalue weighted by atomic mass is 19.1. The van der Waals surface area contributed by atoms with Crippen LogP contribution in [0.1, 0.15) is 6.92 Å². The molecule has 0 aliphatic carbocycles. The zero-order valence-corrected chi connectivity index (χ0v) is 12.6. The molecule has 122 valence electrons. The topological polar surface area (TPSA) is 103 Å². The summed E-state index contributed by atoms with van der Waals surface area (Å²) in [5.41, 5.74) is 6.14. The standard InChI is InChI=1S/C14H15FN4O4/c1-3-18-11-8(15)4-7(5-9(11)22-13(18)17-2)19-6-10(12(16)20)23-14(19)21/h4-5,10H,3,6H2,1-2H3,(H2,16,20)/b17-13+/t10-/m1/s1. The van der Waals surface area contributed by atoms with E-state index in [9.17, 15) is 14.0 Å². The Morgan fingerprint density at radius 3 is 2.83 bits per heavy atom. The highest BCUT2D eigenvalue weighted by Crippen LogP contribution is 2.28. The minimum atomic E-state index is -1.06. The van der Waals surface area contributed by atoms with E-state index in [2.05, 4.69) is 4.99 Å². The molecule has 0 bridgehead atoms. The van der Waals surface area contributed by atoms with Crippen molar-refractivity contribution in [1.82, 2.24) is 4.57 Å². The van der Waals surface area contributed by atoms with E-state index < -0.39 is 23.9 Å². The molecule has 1 aliphatic rings. The Balaban J connectivity index is 2.11. The first-order valence-electron chi connectivity index (χ1n) is 6.99. The van der Waals surface area contributed by atoms with Crippen LogP contribution in [-0.2, 0) is 16.1 Å². The van der Waals surface area contributed by atoms with Crippen molar-refractivity contribution >= 4 is 28.8 Å². The van der Waals surface area contributed by atoms with E-state index in [1.807, 2.05) is 6.92 Å². The number of fused-ring (bicyclic) bond motifs is 1. The number of nitrogens with zero attached hydrogens (tertiary/aromatic N) is 3. The number of primary amides is 1. The van der Waals surface area contributed by atoms with Gasteiger partial charge in [0.2, 0.25) is 0 Å². The van der Waals surface area contributed by atoms with Gasteiger partial charge in [0.25, 0.3) is 11.6 Å². The molecule has 9 heteroatoms. The van der Waals surface area contributed by atoms with Gasteiger partial charge in [-0.25, -0.2) is 14.2 Å². The Labute approximate surface area is 129 Å². The number of benzene rings is 1. The molecule has 2 heterocycles. The van der Waals surface area contributed by atoms with Crippen molar-refractivity contribution in [2.45, 2.75) is 19.6 Å². The van der Waals surface area contributed by atoms with Gasteiger partial charge in [-0.15, -0.1) is 0 Å². The van der Waals surface area contributed by atoms with E-state index in [-0.39, 0.29) is 29.0 Å². The number of nitrogens with two attached hydrogens (primary N) is 1. The van der Waals surface area contributed by atoms with Crippen LogP contribution in [-0.4, -0.2) is 36.3 Å². The number of cyclic esters (lactones) is 1. The van der Waals surface area contributed by atoms with Gasteiger partial charge in [0, 0.05) is 25.7 Å². The molecule has 1 aromatic heterocycles. The first-order chi connectivity index (χ1) is 11.0. The van der Waals surface area contributed by atoms with E-state index >= 15 is 0 Å². The second-order valence-corrected chi connectivity index (χ2v) is 5.01. The number of rotatable bonds is 3. The van der Waals surface area contributed by atoms with Gasteiger partial charge in [0.1, 0.15) is 5.52 Å². The summed E-state index contributed by atoms with van der Waals surface area (Å²) in [7, 11) is 1.54. The van der Waals surface area contributed by atoms with Gasteiger partial charge in [-0.3, -0.25) is 14.3 Å². The fourth-order valence-electron chi connectivity index (χ4n) is 2.59. The highest BCUT2D eigenvalue weighted by molar-refractivity contribution is 5.96. The Hall–Kier alpha value is -2.84. The van der Waals surface area contributed by atoms with Crippen LogP contribution >= 0.6 is 0 Å². The van der Waals surface area contributed by atoms with Crippen molar-refractivity contribution in [2.75, 3.05) is 18.5 Å². The van der Waals surface area contributed by atoms with Gasteiger partial charge >= 0.3 is 6.09 Å². The number of anilines is 1. The number of oxazole rings is 1. The van der Waals surface area contributed by atoms with Gasteiger partial charge in [0.05, 0.1) is 12.2 Å². The van der Waals surface area contributed by atoms with Crippen LogP contribution < -0.4 is 16.3 Å². The van der Waals surface area contributed by atoms with Crippen LogP contribution in [0.2, 0.25) is 0 Å². The second-order valence-electron chi connectivity index (χ2n) is 5.01. The average Bonchev–Trinajstić information content (AvgIpc) is 3.07. The molecule has 2 N–H and O–H groups in total. The Morgan fingerprint density at radius 2 is 2.26 bits per heavy atom. The second kappa shape index (κ2) is 5.41. The number of ether oxygens (including phenoxy) is 1. The Bertz CT molecular complexity index is 870. The number of halogens is 1. The summed E-state index contributed by atoms with van der Waals surface area (Å²) in [5, 5.41) is 0. The summed E-state index contributed by atoms with van der Waals surface area (Å²) in [4.78, 5) is 28.1. The first-order valence-corrected chi connectivity index (χ1v) is 6.99. The van der Waals surface area contributed by atoms with Gasteiger partial charge in [-0.05, 0) is 6.92 Å². The molecule has 23 heavy (non-hydrogen) atoms. The summed E-state index contributed by atoms with van der Waals surface area (Å²) in [5.74, 6) is -1.32. The maximum Gasteiger partial charge on any atom is 0.415 e. The maximum atomic E-state index is 14.5. The first kappa shape index (κ1) is 15.1. The molecule has 1 fully saturated rings. The summed E-state index contributed by atoms with van der Waals surface area (Å²) in [6.45, 7) is 2.25. The summed E-state index contributed by atoms with van der Waals surface area (Å²) in [6.07, 6.45) is -1.82. The molecule has 0 radical (unpaired) electrons. The molecule has 0 saturated carbocycles. The van der Waals surface area contributed by atoms with Crippen molar-refractivity contribution in [3.63, 3.8) is 0 Å². The number of amides is 2. The lowest BCUT2D eigenvalue weighted by Gasteiger charge is -2.12. The summed E-state index contributed by atoms with van der Waals surface area (Å²) in [6, 6.07) is 2.69. The van der Waals surface area contributed by atoms with E-state index in [4.69, 9.17) is 14.9 Å². The third-order valence-electron chi connectivity index (χ3n) is 3.66. The molecular weight excluding hydrogens is 307 g/mol. The van der Waals surface area contributed by atoms with Crippen molar-refractivity contribution in [3.8, 4) is 0 Å². The van der Waals surface area contributed by atoms with E-state index in [0.29, 0.717) is 6.54 Å². The van der Waals surface area contributed by atoms with Crippen LogP contribution in [0.4, 0.5) is 14.9 Å². The van der Waals surface area contributed by atoms with Crippen molar-refractivity contribution in [1.29, 1.82) is 0 Å². The normalized spacial score (nSPS) is 18.7. The zero-order chi connectivity index (χ0) is 16.7. The molecule has 1 saturated heterocycles. The highest BCUT2D eigenvalue weighted by Gasteiger charge is 2.36. The smallest absolute Gasteiger partial charge is 0.415 e. The van der Waals surface area contributed by atoms with Crippen molar-refractivity contribution in [3.05, 3.63) is 23.6 Å². The van der Waals surface area contributed by atoms with Crippen LogP contribution in [0, 0.1) is 5.82 Å². The van der Waals surface area contributed by atoms with Crippen LogP contribution in [0.5, 0.6) is 0 Å². The lowest BCUT2D eigenvalue weighted by atomic mass is 10.2. The molecule has 2 aromatic rings. The molecular formula is C14H15FN4O4. The van der Waals surface area contributed by atoms with Crippen LogP contribution in [0.25, 0.3) is 11.1 Å². The number of aryl methyl sites for hydroxylation is 1. The van der Waals surface area contributed by atoms with E-state index in [1.54, 1.807) is 4.57 Å². The molecule has 2 amide bonds. The quantitative estimate of drug-likeness (QED) is 0.900. The molecule has 3 rings (SSSR count). The van der Waals surface area contributed by atoms with E-state index in [1.165, 1.54) is 19.2 Å². The number of hydrogen-bond donors (Lipinski definition) is 1. The monoisotopic (exact) mass is 322 g/mol. The molecule has 0 unspecified atom stereocenters. The van der Waals surface area contributed by atoms with E-state index in [0.717, 1.165) is 4.90 Å². The van der Waals surface area contributed by atoms with Crippen molar-refractivity contribution in [2.24, 2.45) is 10.7 Å². The number of carbonyl (C=O) groups is 2. The van der Waals surface area contributed by atoms with Crippen LogP contribution in [0.3, 0.4) is 0 Å². The van der Waals surface area contributed by atoms with Gasteiger partial charge < -0.3 is 14.9 Å². The molecule has 1 aliphatic heterocycles. The SMILES string of the molecule is CCn1/c(=N\C)oc2cc(N3C[C@H](C(N)=O)OC3=O)cc(F)c21. The third-order valence-corrected chi connectivity index (χ3v) is 3.66. The minimum absolute atomic E-state index is 0.0708. The number of hydrogen-bond acceptors (Lipinski definition) is 5. The lowest BCUT2D eigenvalue weighted by Crippen LogP contribution is -2.32. The minimum Gasteiger partial charge on any atom is -0.434 e. The third kappa shape index (κ3) is 2.33. The average molecular weight is 322 g/mol. The van der Waals surface area contributed by atoms with Gasteiger partial charge in [-0.1, -0.05) is 0 Å². The fraction of sp³-hybridized carbons (Fsp3) is 0.357. The predicted molar refractivity (Wildman–Crippen MR) is 78.1 cm³/mol. The lowest BCUT2D eigenvalue weighted by molar-refractivity contribution is -0.124.